The number of hydrogen-bond acceptors (Lipinski definition) is 4. The number of rotatable bonds is 1. The number of nitrogens with zero attached hydrogens (tertiary/aromatic N) is 5. The molecule has 0 saturated carbocycles. The molecule has 0 aliphatic rings. The number of pyridine rings is 2. The van der Waals surface area contributed by atoms with E-state index in [1.165, 1.54) is 6.20 Å². The van der Waals surface area contributed by atoms with E-state index in [1.807, 2.05) is 20.0 Å². The summed E-state index contributed by atoms with van der Waals surface area (Å²) in [5.74, 6) is -0.516. The zero-order valence-electron chi connectivity index (χ0n) is 11.4. The minimum absolute atomic E-state index is 0.416. The molecule has 0 aromatic carbocycles. The molecule has 4 rings (SSSR count). The predicted octanol–water partition coefficient (Wildman–Crippen LogP) is 2.35. The highest BCUT2D eigenvalue weighted by molar-refractivity contribution is 6.05. The van der Waals surface area contributed by atoms with Crippen molar-refractivity contribution in [2.24, 2.45) is 7.05 Å². The van der Waals surface area contributed by atoms with E-state index in [1.54, 1.807) is 16.9 Å². The fourth-order valence-corrected chi connectivity index (χ4v) is 2.66. The summed E-state index contributed by atoms with van der Waals surface area (Å²) in [7, 11) is 1.83. The molecule has 0 atom stereocenters. The lowest BCUT2D eigenvalue weighted by atomic mass is 10.1. The topological polar surface area (TPSA) is 72.3 Å². The number of H-pyrrole nitrogens is 1. The molecule has 0 bridgehead atoms. The summed E-state index contributed by atoms with van der Waals surface area (Å²) in [5, 5.41) is 8.44. The maximum absolute atomic E-state index is 13.9. The monoisotopic (exact) mass is 282 g/mol. The van der Waals surface area contributed by atoms with Crippen molar-refractivity contribution >= 4 is 21.9 Å². The summed E-state index contributed by atoms with van der Waals surface area (Å²) in [5.41, 5.74) is 4.61. The summed E-state index contributed by atoms with van der Waals surface area (Å²) in [4.78, 5) is 11.2. The van der Waals surface area contributed by atoms with Gasteiger partial charge in [-0.15, -0.1) is 5.10 Å². The van der Waals surface area contributed by atoms with Crippen molar-refractivity contribution in [2.75, 3.05) is 0 Å². The molecule has 0 spiro atoms. The number of aromatic nitrogens is 6. The second-order valence-electron chi connectivity index (χ2n) is 4.92. The standard InChI is InChI=1S/C14H11FN6/c1-7-13(21(2)20-19-7)8-5-10-12(17-6-8)11-9(18-10)3-4-16-14(11)15/h3-6,18H,1-2H3. The van der Waals surface area contributed by atoms with Crippen molar-refractivity contribution in [3.05, 3.63) is 36.2 Å². The lowest BCUT2D eigenvalue weighted by molar-refractivity contribution is 0.597. The Hall–Kier alpha value is -2.83. The Morgan fingerprint density at radius 2 is 2.10 bits per heavy atom. The summed E-state index contributed by atoms with van der Waals surface area (Å²) >= 11 is 0. The Bertz CT molecular complexity index is 964. The molecular weight excluding hydrogens is 271 g/mol. The quantitative estimate of drug-likeness (QED) is 0.544. The maximum Gasteiger partial charge on any atom is 0.224 e. The molecule has 0 radical (unpaired) electrons. The highest BCUT2D eigenvalue weighted by atomic mass is 19.1. The molecule has 1 N–H and O–H groups in total. The van der Waals surface area contributed by atoms with E-state index in [2.05, 4.69) is 25.3 Å². The maximum atomic E-state index is 13.9. The van der Waals surface area contributed by atoms with E-state index in [-0.39, 0.29) is 0 Å². The summed E-state index contributed by atoms with van der Waals surface area (Å²) in [6.45, 7) is 1.89. The average Bonchev–Trinajstić information content (AvgIpc) is 2.99. The summed E-state index contributed by atoms with van der Waals surface area (Å²) < 4.78 is 15.6. The van der Waals surface area contributed by atoms with Crippen LogP contribution in [0, 0.1) is 12.9 Å². The first-order valence-electron chi connectivity index (χ1n) is 6.44. The number of aryl methyl sites for hydroxylation is 2. The van der Waals surface area contributed by atoms with Crippen LogP contribution in [0.5, 0.6) is 0 Å². The number of hydrogen-bond donors (Lipinski definition) is 1. The smallest absolute Gasteiger partial charge is 0.224 e. The normalized spacial score (nSPS) is 11.6. The number of fused-ring (bicyclic) bond motifs is 3. The molecule has 0 amide bonds. The van der Waals surface area contributed by atoms with Crippen molar-refractivity contribution in [1.29, 1.82) is 0 Å². The SMILES string of the molecule is Cc1nnn(C)c1-c1cnc2c(c1)[nH]c1ccnc(F)c12. The minimum Gasteiger partial charge on any atom is -0.353 e. The van der Waals surface area contributed by atoms with Gasteiger partial charge in [-0.2, -0.15) is 4.39 Å². The van der Waals surface area contributed by atoms with Crippen LogP contribution in [0.4, 0.5) is 4.39 Å². The van der Waals surface area contributed by atoms with E-state index >= 15 is 0 Å². The van der Waals surface area contributed by atoms with Gasteiger partial charge in [0.05, 0.1) is 27.8 Å². The molecule has 4 heterocycles. The van der Waals surface area contributed by atoms with Gasteiger partial charge in [-0.25, -0.2) is 9.67 Å². The van der Waals surface area contributed by atoms with Crippen molar-refractivity contribution in [1.82, 2.24) is 29.9 Å². The Kier molecular flexibility index (Phi) is 2.32. The van der Waals surface area contributed by atoms with Crippen LogP contribution in [0.3, 0.4) is 0 Å². The van der Waals surface area contributed by atoms with Gasteiger partial charge in [-0.1, -0.05) is 5.21 Å². The van der Waals surface area contributed by atoms with Crippen molar-refractivity contribution < 1.29 is 4.39 Å². The van der Waals surface area contributed by atoms with Crippen LogP contribution in [0.15, 0.2) is 24.5 Å². The van der Waals surface area contributed by atoms with Gasteiger partial charge in [0.2, 0.25) is 5.95 Å². The van der Waals surface area contributed by atoms with Gasteiger partial charge >= 0.3 is 0 Å². The van der Waals surface area contributed by atoms with Gasteiger partial charge in [0.1, 0.15) is 5.52 Å². The van der Waals surface area contributed by atoms with Crippen molar-refractivity contribution in [3.63, 3.8) is 0 Å². The van der Waals surface area contributed by atoms with Gasteiger partial charge in [-0.3, -0.25) is 4.98 Å². The first-order chi connectivity index (χ1) is 10.1. The fourth-order valence-electron chi connectivity index (χ4n) is 2.66. The highest BCUT2D eigenvalue weighted by Crippen LogP contribution is 2.29. The number of halogens is 1. The number of aromatic amines is 1. The van der Waals surface area contributed by atoms with E-state index in [4.69, 9.17) is 0 Å². The second kappa shape index (κ2) is 4.08. The molecule has 104 valence electrons. The molecule has 0 saturated heterocycles. The van der Waals surface area contributed by atoms with E-state index in [9.17, 15) is 4.39 Å². The van der Waals surface area contributed by atoms with Gasteiger partial charge in [0, 0.05) is 25.0 Å². The lowest BCUT2D eigenvalue weighted by Gasteiger charge is -2.02. The highest BCUT2D eigenvalue weighted by Gasteiger charge is 2.14. The number of nitrogens with one attached hydrogen (secondary N) is 1. The molecule has 0 aliphatic carbocycles. The first-order valence-corrected chi connectivity index (χ1v) is 6.44. The Labute approximate surface area is 118 Å². The Morgan fingerprint density at radius 3 is 2.86 bits per heavy atom. The van der Waals surface area contributed by atoms with Crippen LogP contribution in [0.1, 0.15) is 5.69 Å². The van der Waals surface area contributed by atoms with Gasteiger partial charge in [0.25, 0.3) is 0 Å². The fraction of sp³-hybridized carbons (Fsp3) is 0.143. The van der Waals surface area contributed by atoms with Crippen molar-refractivity contribution in [3.8, 4) is 11.3 Å². The van der Waals surface area contributed by atoms with Gasteiger partial charge < -0.3 is 4.98 Å². The van der Waals surface area contributed by atoms with Crippen LogP contribution in [-0.4, -0.2) is 29.9 Å². The molecule has 0 fully saturated rings. The van der Waals surface area contributed by atoms with Gasteiger partial charge in [0.15, 0.2) is 0 Å². The van der Waals surface area contributed by atoms with Crippen LogP contribution in [0.25, 0.3) is 33.2 Å². The summed E-state index contributed by atoms with van der Waals surface area (Å²) in [6.07, 6.45) is 3.14. The average molecular weight is 282 g/mol. The Morgan fingerprint density at radius 1 is 1.24 bits per heavy atom. The molecule has 0 unspecified atom stereocenters. The predicted molar refractivity (Wildman–Crippen MR) is 76.1 cm³/mol. The van der Waals surface area contributed by atoms with Crippen LogP contribution in [-0.2, 0) is 7.05 Å². The third-order valence-corrected chi connectivity index (χ3v) is 3.57. The molecule has 4 aromatic rings. The zero-order valence-corrected chi connectivity index (χ0v) is 11.4. The molecule has 0 aliphatic heterocycles. The second-order valence-corrected chi connectivity index (χ2v) is 4.92. The van der Waals surface area contributed by atoms with E-state index < -0.39 is 5.95 Å². The molecule has 6 nitrogen and oxygen atoms in total. The minimum atomic E-state index is -0.516. The largest absolute Gasteiger partial charge is 0.353 e. The molecule has 21 heavy (non-hydrogen) atoms. The van der Waals surface area contributed by atoms with Gasteiger partial charge in [-0.05, 0) is 19.1 Å². The lowest BCUT2D eigenvalue weighted by Crippen LogP contribution is -1.95. The Balaban J connectivity index is 2.03. The molecule has 4 aromatic heterocycles. The summed E-state index contributed by atoms with van der Waals surface area (Å²) in [6, 6.07) is 3.66. The van der Waals surface area contributed by atoms with Crippen molar-refractivity contribution in [2.45, 2.75) is 6.92 Å². The van der Waals surface area contributed by atoms with E-state index in [0.717, 1.165) is 22.5 Å². The van der Waals surface area contributed by atoms with E-state index in [0.29, 0.717) is 16.4 Å². The first kappa shape index (κ1) is 12.0. The van der Waals surface area contributed by atoms with Crippen LogP contribution in [0.2, 0.25) is 0 Å². The zero-order chi connectivity index (χ0) is 14.6. The van der Waals surface area contributed by atoms with Crippen LogP contribution < -0.4 is 0 Å². The molecule has 7 heteroatoms. The third-order valence-electron chi connectivity index (χ3n) is 3.57. The third kappa shape index (κ3) is 1.63. The molecular formula is C14H11FN6. The van der Waals surface area contributed by atoms with Crippen LogP contribution >= 0.6 is 0 Å².